The zero-order valence-corrected chi connectivity index (χ0v) is 19.2. The van der Waals surface area contributed by atoms with Gasteiger partial charge in [0.15, 0.2) is 5.82 Å². The van der Waals surface area contributed by atoms with E-state index >= 15 is 0 Å². The van der Waals surface area contributed by atoms with Crippen molar-refractivity contribution in [2.45, 2.75) is 32.4 Å². The summed E-state index contributed by atoms with van der Waals surface area (Å²) >= 11 is 0. The lowest BCUT2D eigenvalue weighted by atomic mass is 10.0. The van der Waals surface area contributed by atoms with Gasteiger partial charge in [-0.3, -0.25) is 0 Å². The Kier molecular flexibility index (Phi) is 5.54. The van der Waals surface area contributed by atoms with Gasteiger partial charge in [-0.1, -0.05) is 30.3 Å². The Hall–Kier alpha value is -3.39. The third-order valence-corrected chi connectivity index (χ3v) is 6.59. The minimum atomic E-state index is -0.314. The first-order valence-electron chi connectivity index (χ1n) is 11.3. The van der Waals surface area contributed by atoms with Gasteiger partial charge >= 0.3 is 0 Å². The Morgan fingerprint density at radius 1 is 1.12 bits per heavy atom. The van der Waals surface area contributed by atoms with Crippen molar-refractivity contribution < 1.29 is 13.6 Å². The number of nitrogens with zero attached hydrogens (tertiary/aromatic N) is 6. The van der Waals surface area contributed by atoms with Crippen molar-refractivity contribution in [2.75, 3.05) is 20.1 Å². The highest BCUT2D eigenvalue weighted by molar-refractivity contribution is 5.85. The Morgan fingerprint density at radius 2 is 1.91 bits per heavy atom. The molecule has 0 N–H and O–H groups in total. The third-order valence-electron chi connectivity index (χ3n) is 6.59. The standard InChI is InChI=1S/C25H28FN6O/c1-17-15-23(21-9-6-10-22(26)24(21)27-17)33-19-11-13-32(3,14-12-19)16-18-7-4-5-8-20(18)25-28-29-30-31(25)2/h4-10,15,19H,11-14,16H2,1-3H3/q+1. The van der Waals surface area contributed by atoms with Gasteiger partial charge in [-0.15, -0.1) is 5.10 Å². The van der Waals surface area contributed by atoms with Crippen molar-refractivity contribution in [3.8, 4) is 17.1 Å². The molecule has 3 heterocycles. The Bertz CT molecular complexity index is 1300. The van der Waals surface area contributed by atoms with Crippen molar-refractivity contribution >= 4 is 10.9 Å². The summed E-state index contributed by atoms with van der Waals surface area (Å²) in [5.74, 6) is 1.19. The van der Waals surface area contributed by atoms with E-state index < -0.39 is 0 Å². The highest BCUT2D eigenvalue weighted by atomic mass is 19.1. The van der Waals surface area contributed by atoms with Gasteiger partial charge in [-0.05, 0) is 29.5 Å². The number of likely N-dealkylation sites (tertiary alicyclic amines) is 1. The maximum absolute atomic E-state index is 14.3. The van der Waals surface area contributed by atoms with E-state index in [0.717, 1.165) is 65.2 Å². The van der Waals surface area contributed by atoms with Gasteiger partial charge < -0.3 is 9.22 Å². The molecule has 170 valence electrons. The Morgan fingerprint density at radius 3 is 2.67 bits per heavy atom. The topological polar surface area (TPSA) is 65.7 Å². The molecule has 2 aromatic heterocycles. The molecular weight excluding hydrogens is 419 g/mol. The molecule has 7 nitrogen and oxygen atoms in total. The van der Waals surface area contributed by atoms with Gasteiger partial charge in [0.25, 0.3) is 0 Å². The van der Waals surface area contributed by atoms with Crippen LogP contribution in [0.1, 0.15) is 24.1 Å². The molecule has 0 radical (unpaired) electrons. The van der Waals surface area contributed by atoms with Crippen LogP contribution in [-0.4, -0.2) is 55.9 Å². The molecule has 0 amide bonds. The molecule has 5 rings (SSSR count). The molecule has 1 saturated heterocycles. The number of hydrogen-bond donors (Lipinski definition) is 0. The summed E-state index contributed by atoms with van der Waals surface area (Å²) in [4.78, 5) is 4.36. The smallest absolute Gasteiger partial charge is 0.182 e. The monoisotopic (exact) mass is 447 g/mol. The zero-order chi connectivity index (χ0) is 23.0. The lowest BCUT2D eigenvalue weighted by Gasteiger charge is -2.41. The van der Waals surface area contributed by atoms with Gasteiger partial charge in [0, 0.05) is 48.2 Å². The molecule has 33 heavy (non-hydrogen) atoms. The Labute approximate surface area is 192 Å². The number of ether oxygens (including phenoxy) is 1. The minimum Gasteiger partial charge on any atom is -0.489 e. The molecule has 0 unspecified atom stereocenters. The summed E-state index contributed by atoms with van der Waals surface area (Å²) in [7, 11) is 4.16. The van der Waals surface area contributed by atoms with E-state index in [1.807, 2.05) is 32.2 Å². The second kappa shape index (κ2) is 8.51. The van der Waals surface area contributed by atoms with E-state index in [2.05, 4.69) is 45.8 Å². The number of quaternary nitrogens is 1. The van der Waals surface area contributed by atoms with Crippen molar-refractivity contribution in [2.24, 2.45) is 7.05 Å². The second-order valence-corrected chi connectivity index (χ2v) is 9.22. The number of benzene rings is 2. The molecule has 0 atom stereocenters. The lowest BCUT2D eigenvalue weighted by molar-refractivity contribution is -0.927. The number of tetrazole rings is 1. The van der Waals surface area contributed by atoms with Crippen LogP contribution in [0.3, 0.4) is 0 Å². The largest absolute Gasteiger partial charge is 0.489 e. The van der Waals surface area contributed by atoms with Crippen LogP contribution < -0.4 is 4.74 Å². The van der Waals surface area contributed by atoms with Gasteiger partial charge in [-0.25, -0.2) is 14.1 Å². The predicted octanol–water partition coefficient (Wildman–Crippen LogP) is 4.06. The Balaban J connectivity index is 1.31. The van der Waals surface area contributed by atoms with Crippen LogP contribution >= 0.6 is 0 Å². The molecule has 1 aliphatic rings. The van der Waals surface area contributed by atoms with Crippen LogP contribution in [-0.2, 0) is 13.6 Å². The highest BCUT2D eigenvalue weighted by Gasteiger charge is 2.32. The van der Waals surface area contributed by atoms with Gasteiger partial charge in [0.05, 0.1) is 20.1 Å². The quantitative estimate of drug-likeness (QED) is 0.432. The van der Waals surface area contributed by atoms with E-state index in [0.29, 0.717) is 5.52 Å². The number of aromatic nitrogens is 5. The molecule has 2 aromatic carbocycles. The van der Waals surface area contributed by atoms with Gasteiger partial charge in [0.1, 0.15) is 29.7 Å². The molecule has 1 fully saturated rings. The van der Waals surface area contributed by atoms with Crippen molar-refractivity contribution in [1.82, 2.24) is 25.2 Å². The molecule has 4 aromatic rings. The molecule has 0 bridgehead atoms. The fourth-order valence-electron chi connectivity index (χ4n) is 4.77. The molecule has 0 spiro atoms. The van der Waals surface area contributed by atoms with E-state index in [1.54, 1.807) is 10.7 Å². The maximum atomic E-state index is 14.3. The summed E-state index contributed by atoms with van der Waals surface area (Å²) in [5, 5.41) is 12.7. The molecule has 0 aliphatic carbocycles. The summed E-state index contributed by atoms with van der Waals surface area (Å²) < 4.78 is 23.3. The van der Waals surface area contributed by atoms with Crippen LogP contribution in [0.15, 0.2) is 48.5 Å². The fourth-order valence-corrected chi connectivity index (χ4v) is 4.77. The molecule has 0 saturated carbocycles. The fraction of sp³-hybridized carbons (Fsp3) is 0.360. The first-order chi connectivity index (χ1) is 15.9. The average Bonchev–Trinajstić information content (AvgIpc) is 3.22. The van der Waals surface area contributed by atoms with Gasteiger partial charge in [0.2, 0.25) is 0 Å². The van der Waals surface area contributed by atoms with E-state index in [-0.39, 0.29) is 11.9 Å². The number of pyridine rings is 1. The number of piperidine rings is 1. The van der Waals surface area contributed by atoms with E-state index in [9.17, 15) is 4.39 Å². The van der Waals surface area contributed by atoms with Crippen molar-refractivity contribution in [3.63, 3.8) is 0 Å². The predicted molar refractivity (Wildman–Crippen MR) is 124 cm³/mol. The molecule has 1 aliphatic heterocycles. The number of hydrogen-bond acceptors (Lipinski definition) is 5. The third kappa shape index (κ3) is 4.30. The molecular formula is C25H28FN6O+. The number of rotatable bonds is 5. The van der Waals surface area contributed by atoms with Crippen LogP contribution in [0.4, 0.5) is 4.39 Å². The second-order valence-electron chi connectivity index (χ2n) is 9.22. The summed E-state index contributed by atoms with van der Waals surface area (Å²) in [6, 6.07) is 15.3. The van der Waals surface area contributed by atoms with Crippen molar-refractivity contribution in [1.29, 1.82) is 0 Å². The number of aryl methyl sites for hydroxylation is 2. The number of para-hydroxylation sites is 1. The SMILES string of the molecule is Cc1cc(OC2CC[N+](C)(Cc3ccccc3-c3nnnn3C)CC2)c2cccc(F)c2n1. The van der Waals surface area contributed by atoms with Crippen LogP contribution in [0.2, 0.25) is 0 Å². The summed E-state index contributed by atoms with van der Waals surface area (Å²) in [6.07, 6.45) is 1.97. The van der Waals surface area contributed by atoms with E-state index in [4.69, 9.17) is 4.74 Å². The number of fused-ring (bicyclic) bond motifs is 1. The van der Waals surface area contributed by atoms with E-state index in [1.165, 1.54) is 11.6 Å². The lowest BCUT2D eigenvalue weighted by Crippen LogP contribution is -2.51. The summed E-state index contributed by atoms with van der Waals surface area (Å²) in [5.41, 5.74) is 3.44. The summed E-state index contributed by atoms with van der Waals surface area (Å²) in [6.45, 7) is 4.76. The molecule has 8 heteroatoms. The maximum Gasteiger partial charge on any atom is 0.182 e. The first-order valence-corrected chi connectivity index (χ1v) is 11.3. The van der Waals surface area contributed by atoms with Crippen molar-refractivity contribution in [3.05, 3.63) is 65.6 Å². The normalized spacial score (nSPS) is 20.8. The van der Waals surface area contributed by atoms with Crippen LogP contribution in [0.5, 0.6) is 5.75 Å². The first kappa shape index (κ1) is 21.5. The highest BCUT2D eigenvalue weighted by Crippen LogP contribution is 2.32. The zero-order valence-electron chi connectivity index (χ0n) is 19.2. The van der Waals surface area contributed by atoms with Gasteiger partial charge in [-0.2, -0.15) is 0 Å². The van der Waals surface area contributed by atoms with Crippen LogP contribution in [0, 0.1) is 12.7 Å². The van der Waals surface area contributed by atoms with Crippen LogP contribution in [0.25, 0.3) is 22.3 Å². The minimum absolute atomic E-state index is 0.0997. The average molecular weight is 448 g/mol. The number of halogens is 1.